The van der Waals surface area contributed by atoms with Gasteiger partial charge in [-0.15, -0.1) is 0 Å². The van der Waals surface area contributed by atoms with Crippen LogP contribution in [-0.2, 0) is 26.9 Å². The molecule has 0 saturated heterocycles. The summed E-state index contributed by atoms with van der Waals surface area (Å²) in [5, 5.41) is -0.341. The fourth-order valence-electron chi connectivity index (χ4n) is 1.00. The largest absolute Gasteiger partial charge is 0.324 e. The van der Waals surface area contributed by atoms with Gasteiger partial charge in [0.25, 0.3) is 10.0 Å². The van der Waals surface area contributed by atoms with E-state index in [9.17, 15) is 16.8 Å². The Balaban J connectivity index is 2.80. The number of rotatable bonds is 5. The van der Waals surface area contributed by atoms with Crippen molar-refractivity contribution in [2.24, 2.45) is 7.05 Å². The number of hydrogen-bond acceptors (Lipinski definition) is 5. The summed E-state index contributed by atoms with van der Waals surface area (Å²) in [6.07, 6.45) is 2.28. The second-order valence-electron chi connectivity index (χ2n) is 3.48. The van der Waals surface area contributed by atoms with E-state index >= 15 is 0 Å². The summed E-state index contributed by atoms with van der Waals surface area (Å²) in [7, 11) is -5.54. The van der Waals surface area contributed by atoms with Crippen LogP contribution in [0.2, 0.25) is 5.15 Å². The normalized spacial score (nSPS) is 12.9. The van der Waals surface area contributed by atoms with Crippen LogP contribution in [0.1, 0.15) is 0 Å². The minimum absolute atomic E-state index is 0.0307. The molecule has 17 heavy (non-hydrogen) atoms. The van der Waals surface area contributed by atoms with E-state index in [1.807, 2.05) is 0 Å². The number of nitrogens with one attached hydrogen (secondary N) is 1. The van der Waals surface area contributed by atoms with E-state index in [4.69, 9.17) is 11.6 Å². The number of imidazole rings is 1. The molecule has 0 aromatic carbocycles. The van der Waals surface area contributed by atoms with E-state index < -0.39 is 19.9 Å². The fourth-order valence-corrected chi connectivity index (χ4v) is 3.06. The topological polar surface area (TPSA) is 98.1 Å². The average molecular weight is 302 g/mol. The third kappa shape index (κ3) is 3.95. The van der Waals surface area contributed by atoms with Gasteiger partial charge in [0.2, 0.25) is 5.03 Å². The van der Waals surface area contributed by atoms with E-state index in [0.717, 1.165) is 6.26 Å². The first-order valence-corrected chi connectivity index (χ1v) is 8.40. The van der Waals surface area contributed by atoms with Crippen LogP contribution in [0.3, 0.4) is 0 Å². The Labute approximate surface area is 105 Å². The predicted molar refractivity (Wildman–Crippen MR) is 63.1 cm³/mol. The molecule has 0 spiro atoms. The van der Waals surface area contributed by atoms with Crippen molar-refractivity contribution in [2.45, 2.75) is 5.03 Å². The molecule has 0 radical (unpaired) electrons. The lowest BCUT2D eigenvalue weighted by atomic mass is 10.8. The number of sulfonamides is 1. The van der Waals surface area contributed by atoms with Gasteiger partial charge < -0.3 is 4.57 Å². The highest BCUT2D eigenvalue weighted by molar-refractivity contribution is 7.91. The molecule has 7 nitrogen and oxygen atoms in total. The van der Waals surface area contributed by atoms with Crippen LogP contribution in [0, 0.1) is 0 Å². The van der Waals surface area contributed by atoms with Gasteiger partial charge in [-0.1, -0.05) is 11.6 Å². The van der Waals surface area contributed by atoms with Gasteiger partial charge in [0.15, 0.2) is 0 Å². The van der Waals surface area contributed by atoms with E-state index in [2.05, 4.69) is 9.71 Å². The highest BCUT2D eigenvalue weighted by atomic mass is 35.5. The van der Waals surface area contributed by atoms with E-state index in [1.165, 1.54) is 10.9 Å². The lowest BCUT2D eigenvalue weighted by Gasteiger charge is -2.03. The number of hydrogen-bond donors (Lipinski definition) is 1. The minimum atomic E-state index is -3.87. The van der Waals surface area contributed by atoms with E-state index in [1.54, 1.807) is 7.05 Å². The number of aromatic nitrogens is 2. The van der Waals surface area contributed by atoms with Crippen molar-refractivity contribution < 1.29 is 16.8 Å². The maximum absolute atomic E-state index is 11.7. The monoisotopic (exact) mass is 301 g/mol. The Morgan fingerprint density at radius 1 is 1.41 bits per heavy atom. The van der Waals surface area contributed by atoms with Crippen molar-refractivity contribution in [1.29, 1.82) is 0 Å². The van der Waals surface area contributed by atoms with Gasteiger partial charge in [-0.3, -0.25) is 0 Å². The smallest absolute Gasteiger partial charge is 0.261 e. The van der Waals surface area contributed by atoms with Crippen molar-refractivity contribution in [1.82, 2.24) is 14.3 Å². The van der Waals surface area contributed by atoms with Gasteiger partial charge in [-0.25, -0.2) is 26.5 Å². The van der Waals surface area contributed by atoms with Crippen LogP contribution < -0.4 is 4.72 Å². The van der Waals surface area contributed by atoms with Gasteiger partial charge in [0, 0.05) is 19.8 Å². The van der Waals surface area contributed by atoms with Crippen LogP contribution in [0.5, 0.6) is 0 Å². The molecule has 0 aliphatic rings. The number of halogens is 1. The van der Waals surface area contributed by atoms with Gasteiger partial charge in [-0.05, 0) is 0 Å². The van der Waals surface area contributed by atoms with Gasteiger partial charge in [-0.2, -0.15) is 0 Å². The molecule has 0 aliphatic heterocycles. The summed E-state index contributed by atoms with van der Waals surface area (Å²) in [4.78, 5) is 3.63. The van der Waals surface area contributed by atoms with Gasteiger partial charge >= 0.3 is 0 Å². The van der Waals surface area contributed by atoms with Crippen LogP contribution in [-0.4, -0.2) is 44.9 Å². The number of sulfone groups is 1. The van der Waals surface area contributed by atoms with Gasteiger partial charge in [0.1, 0.15) is 15.0 Å². The minimum Gasteiger partial charge on any atom is -0.324 e. The van der Waals surface area contributed by atoms with Crippen LogP contribution in [0.4, 0.5) is 0 Å². The standard InChI is InChI=1S/C7H12ClN3O4S2/c1-11-5-9-7(6(11)8)17(14,15)10-3-4-16(2,12)13/h5,10H,3-4H2,1-2H3. The Morgan fingerprint density at radius 2 is 2.00 bits per heavy atom. The number of nitrogens with zero attached hydrogens (tertiary/aromatic N) is 2. The Bertz CT molecular complexity index is 605. The fraction of sp³-hybridized carbons (Fsp3) is 0.571. The molecule has 1 aromatic heterocycles. The zero-order valence-electron chi connectivity index (χ0n) is 9.21. The summed E-state index contributed by atoms with van der Waals surface area (Å²) in [5.74, 6) is -0.281. The van der Waals surface area contributed by atoms with Crippen LogP contribution in [0.15, 0.2) is 11.4 Å². The molecule has 0 amide bonds. The SMILES string of the molecule is Cn1cnc(S(=O)(=O)NCCS(C)(=O)=O)c1Cl. The summed E-state index contributed by atoms with van der Waals surface area (Å²) < 4.78 is 48.5. The maximum atomic E-state index is 11.7. The maximum Gasteiger partial charge on any atom is 0.261 e. The molecule has 10 heteroatoms. The highest BCUT2D eigenvalue weighted by Gasteiger charge is 2.22. The summed E-state index contributed by atoms with van der Waals surface area (Å²) in [6.45, 7) is -0.214. The Hall–Kier alpha value is -0.640. The molecule has 1 rings (SSSR count). The lowest BCUT2D eigenvalue weighted by molar-refractivity contribution is 0.579. The molecule has 0 saturated carbocycles. The first kappa shape index (κ1) is 14.4. The summed E-state index contributed by atoms with van der Waals surface area (Å²) in [5.41, 5.74) is 0. The molecule has 1 aromatic rings. The quantitative estimate of drug-likeness (QED) is 0.783. The predicted octanol–water partition coefficient (Wildman–Crippen LogP) is -0.604. The lowest BCUT2D eigenvalue weighted by Crippen LogP contribution is -2.29. The van der Waals surface area contributed by atoms with Crippen LogP contribution in [0.25, 0.3) is 0 Å². The average Bonchev–Trinajstić information content (AvgIpc) is 2.45. The van der Waals surface area contributed by atoms with Crippen molar-refractivity contribution in [3.8, 4) is 0 Å². The van der Waals surface area contributed by atoms with Gasteiger partial charge in [0.05, 0.1) is 12.1 Å². The molecule has 0 unspecified atom stereocenters. The van der Waals surface area contributed by atoms with Crippen molar-refractivity contribution >= 4 is 31.5 Å². The molecule has 0 atom stereocenters. The molecule has 0 bridgehead atoms. The molecular weight excluding hydrogens is 290 g/mol. The summed E-state index contributed by atoms with van der Waals surface area (Å²) in [6, 6.07) is 0. The Morgan fingerprint density at radius 3 is 2.41 bits per heavy atom. The zero-order valence-corrected chi connectivity index (χ0v) is 11.6. The van der Waals surface area contributed by atoms with Crippen molar-refractivity contribution in [3.05, 3.63) is 11.5 Å². The first-order chi connectivity index (χ1) is 7.63. The van der Waals surface area contributed by atoms with E-state index in [-0.39, 0.29) is 22.5 Å². The second-order valence-corrected chi connectivity index (χ2v) is 7.78. The molecular formula is C7H12ClN3O4S2. The number of aryl methyl sites for hydroxylation is 1. The Kier molecular flexibility index (Phi) is 4.18. The summed E-state index contributed by atoms with van der Waals surface area (Å²) >= 11 is 5.73. The molecule has 1 heterocycles. The third-order valence-electron chi connectivity index (χ3n) is 1.85. The third-order valence-corrected chi connectivity index (χ3v) is 4.75. The zero-order chi connectivity index (χ0) is 13.3. The van der Waals surface area contributed by atoms with E-state index in [0.29, 0.717) is 0 Å². The molecule has 98 valence electrons. The first-order valence-electron chi connectivity index (χ1n) is 4.48. The van der Waals surface area contributed by atoms with Crippen LogP contribution >= 0.6 is 11.6 Å². The van der Waals surface area contributed by atoms with Crippen molar-refractivity contribution in [3.63, 3.8) is 0 Å². The highest BCUT2D eigenvalue weighted by Crippen LogP contribution is 2.17. The molecule has 0 fully saturated rings. The second kappa shape index (κ2) is 4.92. The van der Waals surface area contributed by atoms with Crippen molar-refractivity contribution in [2.75, 3.05) is 18.6 Å². The molecule has 1 N–H and O–H groups in total. The molecule has 0 aliphatic carbocycles.